The minimum absolute atomic E-state index is 0.0602. The highest BCUT2D eigenvalue weighted by Crippen LogP contribution is 2.29. The molecule has 1 N–H and O–H groups in total. The van der Waals surface area contributed by atoms with Crippen LogP contribution in [0, 0.1) is 13.8 Å². The molecule has 3 aromatic rings. The van der Waals surface area contributed by atoms with Crippen molar-refractivity contribution in [2.45, 2.75) is 58.0 Å². The molecule has 0 radical (unpaired) electrons. The minimum Gasteiger partial charge on any atom is -0.354 e. The van der Waals surface area contributed by atoms with Crippen LogP contribution in [0.4, 0.5) is 5.69 Å². The molecule has 0 saturated heterocycles. The second-order valence-electron chi connectivity index (χ2n) is 9.48. The number of halogens is 1. The molecule has 0 spiro atoms. The van der Waals surface area contributed by atoms with Gasteiger partial charge in [-0.2, -0.15) is 0 Å². The zero-order chi connectivity index (χ0) is 28.6. The van der Waals surface area contributed by atoms with Crippen LogP contribution in [0.1, 0.15) is 43.4 Å². The number of nitrogens with zero attached hydrogens (tertiary/aromatic N) is 2. The number of carbonyl (C=O) groups excluding carboxylic acids is 2. The summed E-state index contributed by atoms with van der Waals surface area (Å²) < 4.78 is 28.9. The quantitative estimate of drug-likeness (QED) is 0.313. The molecule has 3 rings (SSSR count). The van der Waals surface area contributed by atoms with E-state index in [1.807, 2.05) is 45.0 Å². The number of rotatable bonds is 12. The van der Waals surface area contributed by atoms with E-state index in [1.54, 1.807) is 43.3 Å². The van der Waals surface area contributed by atoms with Crippen molar-refractivity contribution < 1.29 is 18.0 Å². The first-order chi connectivity index (χ1) is 18.6. The lowest BCUT2D eigenvalue weighted by molar-refractivity contribution is -0.140. The highest BCUT2D eigenvalue weighted by atomic mass is 35.5. The van der Waals surface area contributed by atoms with Gasteiger partial charge >= 0.3 is 0 Å². The Morgan fingerprint density at radius 2 is 1.62 bits per heavy atom. The zero-order valence-electron chi connectivity index (χ0n) is 22.9. The molecule has 9 heteroatoms. The molecular formula is C30H36ClN3O4S. The van der Waals surface area contributed by atoms with Crippen molar-refractivity contribution in [1.82, 2.24) is 10.2 Å². The number of benzene rings is 3. The normalized spacial score (nSPS) is 12.0. The van der Waals surface area contributed by atoms with Crippen LogP contribution in [0.3, 0.4) is 0 Å². The number of amides is 2. The van der Waals surface area contributed by atoms with Gasteiger partial charge in [-0.15, -0.1) is 0 Å². The van der Waals surface area contributed by atoms with Gasteiger partial charge in [0.25, 0.3) is 10.0 Å². The third kappa shape index (κ3) is 7.61. The summed E-state index contributed by atoms with van der Waals surface area (Å²) in [5, 5.41) is 3.35. The second kappa shape index (κ2) is 13.6. The number of hydrogen-bond donors (Lipinski definition) is 1. The van der Waals surface area contributed by atoms with Gasteiger partial charge in [-0.25, -0.2) is 8.42 Å². The summed E-state index contributed by atoms with van der Waals surface area (Å²) in [5.41, 5.74) is 2.86. The average molecular weight is 570 g/mol. The largest absolute Gasteiger partial charge is 0.354 e. The topological polar surface area (TPSA) is 86.8 Å². The lowest BCUT2D eigenvalue weighted by atomic mass is 10.1. The Balaban J connectivity index is 2.07. The van der Waals surface area contributed by atoms with E-state index < -0.39 is 28.5 Å². The summed E-state index contributed by atoms with van der Waals surface area (Å²) in [7, 11) is -4.12. The fraction of sp³-hybridized carbons (Fsp3) is 0.333. The van der Waals surface area contributed by atoms with E-state index in [-0.39, 0.29) is 17.3 Å². The Morgan fingerprint density at radius 1 is 0.949 bits per heavy atom. The van der Waals surface area contributed by atoms with Crippen molar-refractivity contribution in [3.05, 3.63) is 94.5 Å². The first-order valence-electron chi connectivity index (χ1n) is 13.0. The van der Waals surface area contributed by atoms with Crippen molar-refractivity contribution in [3.8, 4) is 0 Å². The highest BCUT2D eigenvalue weighted by molar-refractivity contribution is 7.92. The number of hydrogen-bond acceptors (Lipinski definition) is 4. The Bertz CT molecular complexity index is 1380. The third-order valence-corrected chi connectivity index (χ3v) is 8.46. The van der Waals surface area contributed by atoms with Gasteiger partial charge in [0.05, 0.1) is 10.6 Å². The SMILES string of the molecule is CCCNC(=O)[C@H](CC)N(Cc1ccc(C)cc1)C(=O)CN(c1ccc(Cl)cc1C)S(=O)(=O)c1ccccc1. The van der Waals surface area contributed by atoms with E-state index in [1.165, 1.54) is 17.0 Å². The van der Waals surface area contributed by atoms with Crippen molar-refractivity contribution in [2.75, 3.05) is 17.4 Å². The van der Waals surface area contributed by atoms with Crippen LogP contribution >= 0.6 is 11.6 Å². The molecule has 2 amide bonds. The van der Waals surface area contributed by atoms with Gasteiger partial charge in [-0.05, 0) is 68.1 Å². The maximum absolute atomic E-state index is 14.0. The maximum Gasteiger partial charge on any atom is 0.264 e. The molecular weight excluding hydrogens is 534 g/mol. The molecule has 0 unspecified atom stereocenters. The van der Waals surface area contributed by atoms with Gasteiger partial charge < -0.3 is 10.2 Å². The molecule has 0 bridgehead atoms. The van der Waals surface area contributed by atoms with Gasteiger partial charge in [-0.3, -0.25) is 13.9 Å². The van der Waals surface area contributed by atoms with Crippen molar-refractivity contribution in [1.29, 1.82) is 0 Å². The van der Waals surface area contributed by atoms with Gasteiger partial charge in [0, 0.05) is 18.1 Å². The van der Waals surface area contributed by atoms with Crippen molar-refractivity contribution in [2.24, 2.45) is 0 Å². The molecule has 39 heavy (non-hydrogen) atoms. The van der Waals surface area contributed by atoms with Crippen LogP contribution in [0.15, 0.2) is 77.7 Å². The maximum atomic E-state index is 14.0. The fourth-order valence-electron chi connectivity index (χ4n) is 4.31. The van der Waals surface area contributed by atoms with Crippen molar-refractivity contribution in [3.63, 3.8) is 0 Å². The van der Waals surface area contributed by atoms with Gasteiger partial charge in [0.15, 0.2) is 0 Å². The van der Waals surface area contributed by atoms with E-state index in [9.17, 15) is 18.0 Å². The Morgan fingerprint density at radius 3 is 2.21 bits per heavy atom. The predicted octanol–water partition coefficient (Wildman–Crippen LogP) is 5.49. The molecule has 0 aliphatic rings. The van der Waals surface area contributed by atoms with Crippen LogP contribution in [0.5, 0.6) is 0 Å². The van der Waals surface area contributed by atoms with Gasteiger partial charge in [0.2, 0.25) is 11.8 Å². The monoisotopic (exact) mass is 569 g/mol. The Hall–Kier alpha value is -3.36. The van der Waals surface area contributed by atoms with Crippen LogP contribution < -0.4 is 9.62 Å². The molecule has 0 aromatic heterocycles. The Labute approximate surface area is 236 Å². The average Bonchev–Trinajstić information content (AvgIpc) is 2.92. The van der Waals surface area contributed by atoms with Crippen molar-refractivity contribution >= 4 is 39.1 Å². The van der Waals surface area contributed by atoms with Crippen LogP contribution in [0.25, 0.3) is 0 Å². The molecule has 3 aromatic carbocycles. The Kier molecular flexibility index (Phi) is 10.5. The van der Waals surface area contributed by atoms with E-state index in [2.05, 4.69) is 5.32 Å². The van der Waals surface area contributed by atoms with Crippen LogP contribution in [-0.2, 0) is 26.2 Å². The third-order valence-electron chi connectivity index (χ3n) is 6.45. The van der Waals surface area contributed by atoms with Gasteiger partial charge in [-0.1, -0.05) is 73.5 Å². The summed E-state index contributed by atoms with van der Waals surface area (Å²) in [5.74, 6) is -0.747. The molecule has 1 atom stereocenters. The molecule has 0 heterocycles. The first-order valence-corrected chi connectivity index (χ1v) is 14.9. The highest BCUT2D eigenvalue weighted by Gasteiger charge is 2.34. The first kappa shape index (κ1) is 30.2. The van der Waals surface area contributed by atoms with E-state index in [0.29, 0.717) is 29.2 Å². The molecule has 0 fully saturated rings. The number of sulfonamides is 1. The summed E-state index contributed by atoms with van der Waals surface area (Å²) >= 11 is 6.16. The lowest BCUT2D eigenvalue weighted by Crippen LogP contribution is -2.52. The summed E-state index contributed by atoms with van der Waals surface area (Å²) in [6, 6.07) is 19.8. The predicted molar refractivity (Wildman–Crippen MR) is 156 cm³/mol. The molecule has 208 valence electrons. The number of carbonyl (C=O) groups is 2. The smallest absolute Gasteiger partial charge is 0.264 e. The lowest BCUT2D eigenvalue weighted by Gasteiger charge is -2.33. The van der Waals surface area contributed by atoms with E-state index in [0.717, 1.165) is 21.9 Å². The minimum atomic E-state index is -4.12. The fourth-order valence-corrected chi connectivity index (χ4v) is 6.03. The van der Waals surface area contributed by atoms with Crippen LogP contribution in [0.2, 0.25) is 5.02 Å². The molecule has 7 nitrogen and oxygen atoms in total. The summed E-state index contributed by atoms with van der Waals surface area (Å²) in [6.07, 6.45) is 1.13. The zero-order valence-corrected chi connectivity index (χ0v) is 24.4. The molecule has 0 aliphatic carbocycles. The number of nitrogens with one attached hydrogen (secondary N) is 1. The van der Waals surface area contributed by atoms with E-state index in [4.69, 9.17) is 11.6 Å². The molecule has 0 saturated carbocycles. The van der Waals surface area contributed by atoms with Crippen LogP contribution in [-0.4, -0.2) is 44.3 Å². The van der Waals surface area contributed by atoms with Gasteiger partial charge in [0.1, 0.15) is 12.6 Å². The second-order valence-corrected chi connectivity index (χ2v) is 11.8. The standard InChI is InChI=1S/C30H36ClN3O4S/c1-5-18-32-30(36)27(6-2)33(20-24-14-12-22(3)13-15-24)29(35)21-34(28-17-16-25(31)19-23(28)4)39(37,38)26-10-8-7-9-11-26/h7-17,19,27H,5-6,18,20-21H2,1-4H3,(H,32,36)/t27-/m0/s1. The summed E-state index contributed by atoms with van der Waals surface area (Å²) in [6.45, 7) is 7.68. The summed E-state index contributed by atoms with van der Waals surface area (Å²) in [4.78, 5) is 28.7. The number of anilines is 1. The molecule has 0 aliphatic heterocycles. The van der Waals surface area contributed by atoms with E-state index >= 15 is 0 Å². The number of aryl methyl sites for hydroxylation is 2.